The van der Waals surface area contributed by atoms with E-state index in [0.29, 0.717) is 0 Å². The van der Waals surface area contributed by atoms with Crippen LogP contribution >= 0.6 is 22.6 Å². The van der Waals surface area contributed by atoms with Crippen LogP contribution in [0.25, 0.3) is 0 Å². The van der Waals surface area contributed by atoms with Crippen molar-refractivity contribution in [2.45, 2.75) is 6.92 Å². The minimum atomic E-state index is 0. The van der Waals surface area contributed by atoms with Gasteiger partial charge in [0.05, 0.1) is 0 Å². The molecule has 0 nitrogen and oxygen atoms in total. The molecule has 0 unspecified atom stereocenters. The Morgan fingerprint density at radius 2 is 2.00 bits per heavy atom. The molecule has 1 radical (unpaired) electrons. The molecule has 0 spiro atoms. The van der Waals surface area contributed by atoms with Gasteiger partial charge in [0.15, 0.2) is 0 Å². The minimum Gasteiger partial charge on any atom is -0.430 e. The van der Waals surface area contributed by atoms with Gasteiger partial charge in [-0.05, 0) is 0 Å². The Morgan fingerprint density at radius 3 is 2.00 bits per heavy atom. The summed E-state index contributed by atoms with van der Waals surface area (Å²) in [5.41, 5.74) is 0. The van der Waals surface area contributed by atoms with Gasteiger partial charge >= 0.3 is 0 Å². The van der Waals surface area contributed by atoms with Crippen molar-refractivity contribution in [2.75, 3.05) is 0 Å². The van der Waals surface area contributed by atoms with Gasteiger partial charge in [0, 0.05) is 32.7 Å². The maximum Gasteiger partial charge on any atom is 0 e. The summed E-state index contributed by atoms with van der Waals surface area (Å²) >= 11 is 2.05. The number of hydrogen-bond acceptors (Lipinski definition) is 0. The van der Waals surface area contributed by atoms with E-state index in [1.165, 1.54) is 0 Å². The molecule has 0 atom stereocenters. The molecule has 0 N–H and O–H groups in total. The predicted molar refractivity (Wildman–Crippen MR) is 27.5 cm³/mol. The average molecular weight is 256 g/mol. The van der Waals surface area contributed by atoms with E-state index in [1.54, 1.807) is 0 Å². The van der Waals surface area contributed by atoms with Gasteiger partial charge in [-0.2, -0.15) is 0 Å². The van der Waals surface area contributed by atoms with Crippen LogP contribution in [-0.4, -0.2) is 0 Å². The molecule has 0 aliphatic heterocycles. The van der Waals surface area contributed by atoms with Crippen LogP contribution in [0.3, 0.4) is 0 Å². The van der Waals surface area contributed by atoms with E-state index in [-0.39, 0.29) is 32.7 Å². The zero-order chi connectivity index (χ0) is 3.41. The van der Waals surface area contributed by atoms with Crippen molar-refractivity contribution in [1.82, 2.24) is 0 Å². The second-order valence-corrected chi connectivity index (χ2v) is 1.02. The molecule has 0 aliphatic rings. The van der Waals surface area contributed by atoms with Gasteiger partial charge in [-0.3, -0.25) is 6.08 Å². The van der Waals surface area contributed by atoms with Gasteiger partial charge in [0.1, 0.15) is 0 Å². The number of rotatable bonds is 0. The number of hydrogen-bond donors (Lipinski definition) is 0. The molecule has 27 valence electrons. The Balaban J connectivity index is 0. The quantitative estimate of drug-likeness (QED) is 0.457. The van der Waals surface area contributed by atoms with Gasteiger partial charge in [0.2, 0.25) is 0 Å². The van der Waals surface area contributed by atoms with Gasteiger partial charge in [-0.1, -0.05) is 6.92 Å². The van der Waals surface area contributed by atoms with E-state index in [1.807, 2.05) is 35.6 Å². The zero-order valence-electron chi connectivity index (χ0n) is 3.03. The Labute approximate surface area is 71.4 Å². The summed E-state index contributed by atoms with van der Waals surface area (Å²) in [5, 5.41) is 0. The Bertz CT molecular complexity index is 22.1. The van der Waals surface area contributed by atoms with E-state index in [2.05, 4.69) is 4.08 Å². The van der Waals surface area contributed by atoms with Gasteiger partial charge in [-0.15, -0.1) is 0 Å². The fraction of sp³-hybridized carbons (Fsp3) is 0.333. The van der Waals surface area contributed by atoms with Gasteiger partial charge in [-0.25, -0.2) is 0 Å². The van der Waals surface area contributed by atoms with Crippen LogP contribution < -0.4 is 0 Å². The van der Waals surface area contributed by atoms with Crippen molar-refractivity contribution in [3.05, 3.63) is 10.2 Å². The van der Waals surface area contributed by atoms with E-state index in [9.17, 15) is 0 Å². The Hall–Kier alpha value is 1.57. The van der Waals surface area contributed by atoms with Crippen LogP contribution in [0.1, 0.15) is 6.92 Å². The molecule has 0 fully saturated rings. The topological polar surface area (TPSA) is 0 Å². The molecule has 0 aromatic rings. The molecule has 0 saturated heterocycles. The first-order chi connectivity index (χ1) is 1.91. The molecule has 0 aromatic heterocycles. The van der Waals surface area contributed by atoms with E-state index in [4.69, 9.17) is 0 Å². The summed E-state index contributed by atoms with van der Waals surface area (Å²) in [6.45, 7) is 1.94. The van der Waals surface area contributed by atoms with Crippen LogP contribution in [0.5, 0.6) is 0 Å². The van der Waals surface area contributed by atoms with Crippen molar-refractivity contribution in [1.29, 1.82) is 0 Å². The normalized spacial score (nSPS) is 7.60. The van der Waals surface area contributed by atoms with Crippen LogP contribution in [0.15, 0.2) is 6.08 Å². The first-order valence-corrected chi connectivity index (χ1v) is 2.13. The molecule has 2 heteroatoms. The summed E-state index contributed by atoms with van der Waals surface area (Å²) in [5.74, 6) is 0. The first kappa shape index (κ1) is 9.76. The summed E-state index contributed by atoms with van der Waals surface area (Å²) < 4.78 is 2.78. The molecule has 0 bridgehead atoms. The number of halogens is 1. The minimum absolute atomic E-state index is 0. The monoisotopic (exact) mass is 256 g/mol. The van der Waals surface area contributed by atoms with Gasteiger partial charge < -0.3 is 26.7 Å². The third-order valence-corrected chi connectivity index (χ3v) is 0.732. The predicted octanol–water partition coefficient (Wildman–Crippen LogP) is 1.76. The van der Waals surface area contributed by atoms with Gasteiger partial charge in [0.25, 0.3) is 0 Å². The average Bonchev–Trinajstić information content (AvgIpc) is 1.37. The third kappa shape index (κ3) is 10.7. The van der Waals surface area contributed by atoms with Crippen molar-refractivity contribution >= 4 is 22.6 Å². The second-order valence-electron chi connectivity index (χ2n) is 0.398. The van der Waals surface area contributed by atoms with E-state index in [0.717, 1.165) is 0 Å². The Morgan fingerprint density at radius 1 is 1.80 bits per heavy atom. The summed E-state index contributed by atoms with van der Waals surface area (Å²) in [4.78, 5) is 0. The first-order valence-electron chi connectivity index (χ1n) is 1.06. The van der Waals surface area contributed by atoms with Crippen LogP contribution in [0, 0.1) is 4.08 Å². The smallest absolute Gasteiger partial charge is 0 e. The molecular weight excluding hydrogens is 252 g/mol. The van der Waals surface area contributed by atoms with E-state index >= 15 is 0 Å². The van der Waals surface area contributed by atoms with Crippen LogP contribution in [-0.2, 0) is 32.7 Å². The molecule has 0 rings (SSSR count). The second kappa shape index (κ2) is 9.13. The summed E-state index contributed by atoms with van der Waals surface area (Å²) in [6.07, 6.45) is 1.86. The van der Waals surface area contributed by atoms with Crippen molar-refractivity contribution in [2.24, 2.45) is 0 Å². The molecule has 5 heavy (non-hydrogen) atoms. The largest absolute Gasteiger partial charge is 0.430 e. The van der Waals surface area contributed by atoms with Crippen LogP contribution in [0.4, 0.5) is 0 Å². The molecule has 0 aromatic carbocycles. The molecule has 0 saturated carbocycles. The van der Waals surface area contributed by atoms with Crippen molar-refractivity contribution in [3.63, 3.8) is 0 Å². The SMILES string of the molecule is CC=[C-]I.[Y]. The number of allylic oxidation sites excluding steroid dienone is 1. The fourth-order valence-corrected chi connectivity index (χ4v) is 0. The van der Waals surface area contributed by atoms with Crippen LogP contribution in [0.2, 0.25) is 0 Å². The molecule has 0 amide bonds. The standard InChI is InChI=1S/C3H4I.Y/c1-2-3-4;/h2H,1H3;/q-1;. The maximum absolute atomic E-state index is 2.78. The van der Waals surface area contributed by atoms with E-state index < -0.39 is 0 Å². The maximum atomic E-state index is 2.78. The fourth-order valence-electron chi connectivity index (χ4n) is 0. The molecule has 0 aliphatic carbocycles. The summed E-state index contributed by atoms with van der Waals surface area (Å²) in [7, 11) is 0. The molecular formula is C3H4IY-. The van der Waals surface area contributed by atoms with Crippen molar-refractivity contribution < 1.29 is 32.7 Å². The Kier molecular flexibility index (Phi) is 17.8. The third-order valence-electron chi connectivity index (χ3n) is 0.109. The zero-order valence-corrected chi connectivity index (χ0v) is 8.03. The van der Waals surface area contributed by atoms with Crippen molar-refractivity contribution in [3.8, 4) is 0 Å². The summed E-state index contributed by atoms with van der Waals surface area (Å²) in [6, 6.07) is 0. The molecule has 0 heterocycles.